The van der Waals surface area contributed by atoms with Gasteiger partial charge in [-0.1, -0.05) is 12.1 Å². The van der Waals surface area contributed by atoms with Crippen LogP contribution in [0.15, 0.2) is 24.3 Å². The Bertz CT molecular complexity index is 503. The van der Waals surface area contributed by atoms with Crippen molar-refractivity contribution in [2.45, 2.75) is 11.8 Å². The Kier molecular flexibility index (Phi) is 5.23. The van der Waals surface area contributed by atoms with Gasteiger partial charge in [-0.05, 0) is 24.1 Å². The van der Waals surface area contributed by atoms with Gasteiger partial charge in [-0.15, -0.1) is 11.8 Å². The van der Waals surface area contributed by atoms with Crippen LogP contribution >= 0.6 is 11.8 Å². The molecule has 0 radical (unpaired) electrons. The van der Waals surface area contributed by atoms with Crippen LogP contribution in [-0.4, -0.2) is 66.0 Å². The molecule has 120 valence electrons. The lowest BCUT2D eigenvalue weighted by Gasteiger charge is -2.29. The van der Waals surface area contributed by atoms with Gasteiger partial charge >= 0.3 is 0 Å². The highest BCUT2D eigenvalue weighted by Crippen LogP contribution is 2.38. The summed E-state index contributed by atoms with van der Waals surface area (Å²) in [4.78, 5) is 16.5. The summed E-state index contributed by atoms with van der Waals surface area (Å²) < 4.78 is 5.35. The van der Waals surface area contributed by atoms with Gasteiger partial charge in [0.1, 0.15) is 11.1 Å². The molecule has 3 rings (SSSR count). The molecule has 1 unspecified atom stereocenters. The van der Waals surface area contributed by atoms with Gasteiger partial charge in [-0.25, -0.2) is 0 Å². The van der Waals surface area contributed by atoms with E-state index in [2.05, 4.69) is 4.90 Å². The number of carbonyl (C=O) groups is 1. The van der Waals surface area contributed by atoms with Crippen LogP contribution in [0.2, 0.25) is 0 Å². The predicted octanol–water partition coefficient (Wildman–Crippen LogP) is 1.69. The highest BCUT2D eigenvalue weighted by Gasteiger charge is 2.32. The smallest absolute Gasteiger partial charge is 0.233 e. The molecular formula is C16H22N2O3S. The van der Waals surface area contributed by atoms with E-state index in [0.717, 1.165) is 51.4 Å². The van der Waals surface area contributed by atoms with E-state index < -0.39 is 0 Å². The van der Waals surface area contributed by atoms with Crippen LogP contribution in [0.4, 0.5) is 0 Å². The van der Waals surface area contributed by atoms with Crippen molar-refractivity contribution < 1.29 is 14.6 Å². The summed E-state index contributed by atoms with van der Waals surface area (Å²) in [6, 6.07) is 7.18. The van der Waals surface area contributed by atoms with E-state index in [1.165, 1.54) is 0 Å². The van der Waals surface area contributed by atoms with Gasteiger partial charge < -0.3 is 14.7 Å². The Morgan fingerprint density at radius 3 is 2.64 bits per heavy atom. The van der Waals surface area contributed by atoms with Gasteiger partial charge in [0.15, 0.2) is 0 Å². The fourth-order valence-electron chi connectivity index (χ4n) is 2.90. The fourth-order valence-corrected chi connectivity index (χ4v) is 4.12. The first-order chi connectivity index (χ1) is 10.7. The van der Waals surface area contributed by atoms with E-state index in [4.69, 9.17) is 4.74 Å². The minimum Gasteiger partial charge on any atom is -0.508 e. The second kappa shape index (κ2) is 7.35. The first-order valence-corrected chi connectivity index (χ1v) is 8.79. The largest absolute Gasteiger partial charge is 0.508 e. The molecule has 22 heavy (non-hydrogen) atoms. The molecule has 1 aromatic carbocycles. The number of carbonyl (C=O) groups excluding carboxylic acids is 1. The minimum atomic E-state index is 0.0813. The third-order valence-electron chi connectivity index (χ3n) is 4.12. The van der Waals surface area contributed by atoms with Crippen LogP contribution in [0.5, 0.6) is 5.75 Å². The summed E-state index contributed by atoms with van der Waals surface area (Å²) in [6.45, 7) is 5.41. The zero-order chi connectivity index (χ0) is 15.4. The fraction of sp³-hybridized carbons (Fsp3) is 0.562. The Labute approximate surface area is 135 Å². The lowest BCUT2D eigenvalue weighted by atomic mass is 10.2. The molecular weight excluding hydrogens is 300 g/mol. The Hall–Kier alpha value is -1.24. The monoisotopic (exact) mass is 322 g/mol. The van der Waals surface area contributed by atoms with Crippen LogP contribution in [0.1, 0.15) is 17.4 Å². The number of rotatable bonds is 5. The van der Waals surface area contributed by atoms with E-state index >= 15 is 0 Å². The van der Waals surface area contributed by atoms with Crippen molar-refractivity contribution in [3.63, 3.8) is 0 Å². The molecule has 0 spiro atoms. The van der Waals surface area contributed by atoms with Crippen LogP contribution in [-0.2, 0) is 9.53 Å². The average molecular weight is 322 g/mol. The quantitative estimate of drug-likeness (QED) is 0.894. The number of phenols is 1. The summed E-state index contributed by atoms with van der Waals surface area (Å²) in [5, 5.41) is 9.48. The van der Waals surface area contributed by atoms with Crippen LogP contribution in [0.25, 0.3) is 0 Å². The Morgan fingerprint density at radius 2 is 1.91 bits per heavy atom. The number of nitrogens with zero attached hydrogens (tertiary/aromatic N) is 2. The lowest BCUT2D eigenvalue weighted by Crippen LogP contribution is -2.38. The van der Waals surface area contributed by atoms with Crippen molar-refractivity contribution in [1.82, 2.24) is 9.80 Å². The maximum absolute atomic E-state index is 12.1. The molecule has 5 nitrogen and oxygen atoms in total. The number of hydrogen-bond acceptors (Lipinski definition) is 5. The number of phenolic OH excluding ortho intramolecular Hbond substituents is 1. The van der Waals surface area contributed by atoms with Gasteiger partial charge in [0, 0.05) is 26.2 Å². The normalized spacial score (nSPS) is 23.2. The van der Waals surface area contributed by atoms with Gasteiger partial charge in [0.25, 0.3) is 0 Å². The molecule has 2 heterocycles. The number of benzene rings is 1. The molecule has 1 aromatic rings. The average Bonchev–Trinajstić information content (AvgIpc) is 2.90. The van der Waals surface area contributed by atoms with E-state index in [9.17, 15) is 9.90 Å². The van der Waals surface area contributed by atoms with Gasteiger partial charge in [-0.3, -0.25) is 9.69 Å². The van der Waals surface area contributed by atoms with Crippen molar-refractivity contribution in [3.05, 3.63) is 29.8 Å². The summed E-state index contributed by atoms with van der Waals surface area (Å²) in [6.07, 6.45) is 0.987. The summed E-state index contributed by atoms with van der Waals surface area (Å²) >= 11 is 1.66. The number of aromatic hydroxyl groups is 1. The molecule has 2 saturated heterocycles. The molecule has 0 aromatic heterocycles. The topological polar surface area (TPSA) is 53.0 Å². The molecule has 2 fully saturated rings. The second-order valence-electron chi connectivity index (χ2n) is 5.65. The van der Waals surface area contributed by atoms with Crippen LogP contribution in [0, 0.1) is 0 Å². The Morgan fingerprint density at radius 1 is 1.18 bits per heavy atom. The van der Waals surface area contributed by atoms with Crippen molar-refractivity contribution in [2.75, 3.05) is 45.1 Å². The second-order valence-corrected chi connectivity index (χ2v) is 6.72. The van der Waals surface area contributed by atoms with Crippen LogP contribution in [0.3, 0.4) is 0 Å². The zero-order valence-corrected chi connectivity index (χ0v) is 13.4. The van der Waals surface area contributed by atoms with Gasteiger partial charge in [0.2, 0.25) is 5.91 Å². The molecule has 1 amide bonds. The predicted molar refractivity (Wildman–Crippen MR) is 86.9 cm³/mol. The number of thioether (sulfide) groups is 1. The highest BCUT2D eigenvalue weighted by atomic mass is 32.2. The molecule has 0 bridgehead atoms. The van der Waals surface area contributed by atoms with Crippen molar-refractivity contribution in [1.29, 1.82) is 0 Å². The molecule has 0 saturated carbocycles. The molecule has 2 aliphatic heterocycles. The van der Waals surface area contributed by atoms with E-state index in [-0.39, 0.29) is 17.0 Å². The summed E-state index contributed by atoms with van der Waals surface area (Å²) in [7, 11) is 0. The number of ether oxygens (including phenoxy) is 1. The van der Waals surface area contributed by atoms with Crippen molar-refractivity contribution in [3.8, 4) is 5.75 Å². The summed E-state index contributed by atoms with van der Waals surface area (Å²) in [5.74, 6) is 1.02. The Balaban J connectivity index is 1.55. The minimum absolute atomic E-state index is 0.0813. The van der Waals surface area contributed by atoms with E-state index in [1.807, 2.05) is 17.0 Å². The third kappa shape index (κ3) is 3.74. The molecule has 6 heteroatoms. The van der Waals surface area contributed by atoms with E-state index in [1.54, 1.807) is 23.9 Å². The van der Waals surface area contributed by atoms with Crippen LogP contribution < -0.4 is 0 Å². The number of amides is 1. The zero-order valence-electron chi connectivity index (χ0n) is 12.6. The number of morpholine rings is 1. The SMILES string of the molecule is O=C1CSC(c2ccc(O)cc2)N1CCCN1CCOCC1. The lowest BCUT2D eigenvalue weighted by molar-refractivity contribution is -0.128. The highest BCUT2D eigenvalue weighted by molar-refractivity contribution is 8.00. The van der Waals surface area contributed by atoms with Gasteiger partial charge in [0.05, 0.1) is 19.0 Å². The summed E-state index contributed by atoms with van der Waals surface area (Å²) in [5.41, 5.74) is 1.08. The first kappa shape index (κ1) is 15.6. The maximum atomic E-state index is 12.1. The molecule has 2 aliphatic rings. The van der Waals surface area contributed by atoms with Crippen molar-refractivity contribution >= 4 is 17.7 Å². The third-order valence-corrected chi connectivity index (χ3v) is 5.38. The first-order valence-electron chi connectivity index (χ1n) is 7.74. The molecule has 0 aliphatic carbocycles. The molecule has 1 atom stereocenters. The van der Waals surface area contributed by atoms with Crippen molar-refractivity contribution in [2.24, 2.45) is 0 Å². The molecule has 1 N–H and O–H groups in total. The maximum Gasteiger partial charge on any atom is 0.233 e. The van der Waals surface area contributed by atoms with E-state index in [0.29, 0.717) is 5.75 Å². The number of hydrogen-bond donors (Lipinski definition) is 1. The standard InChI is InChI=1S/C16H22N2O3S/c19-14-4-2-13(3-5-14)16-18(15(20)12-22-16)7-1-6-17-8-10-21-11-9-17/h2-5,16,19H,1,6-12H2. The van der Waals surface area contributed by atoms with Gasteiger partial charge in [-0.2, -0.15) is 0 Å².